The number of likely N-dealkylation sites (tertiary alicyclic amines) is 1. The van der Waals surface area contributed by atoms with Crippen molar-refractivity contribution in [1.29, 1.82) is 0 Å². The minimum absolute atomic E-state index is 0.0211. The summed E-state index contributed by atoms with van der Waals surface area (Å²) in [6.45, 7) is 3.86. The van der Waals surface area contributed by atoms with Crippen LogP contribution in [0.3, 0.4) is 0 Å². The van der Waals surface area contributed by atoms with Crippen molar-refractivity contribution < 1.29 is 19.8 Å². The Bertz CT molecular complexity index is 1340. The molecule has 44 heavy (non-hydrogen) atoms. The molecule has 0 radical (unpaired) electrons. The molecule has 238 valence electrons. The third-order valence-electron chi connectivity index (χ3n) is 12.9. The lowest BCUT2D eigenvalue weighted by atomic mass is 9.68. The highest BCUT2D eigenvalue weighted by Crippen LogP contribution is 2.67. The van der Waals surface area contributed by atoms with Crippen LogP contribution in [0.25, 0.3) is 0 Å². The average molecular weight is 603 g/mol. The zero-order valence-corrected chi connectivity index (χ0v) is 26.4. The zero-order chi connectivity index (χ0) is 30.2. The van der Waals surface area contributed by atoms with E-state index in [-0.39, 0.29) is 24.2 Å². The molecule has 0 aromatic heterocycles. The number of carboxylic acid groups (broad SMARTS) is 2. The fraction of sp³-hybridized carbons (Fsp3) is 0.722. The highest BCUT2D eigenvalue weighted by atomic mass is 16.4. The van der Waals surface area contributed by atoms with E-state index in [1.165, 1.54) is 69.8 Å². The summed E-state index contributed by atoms with van der Waals surface area (Å²) in [6, 6.07) is 9.39. The van der Waals surface area contributed by atoms with Crippen LogP contribution in [0.5, 0.6) is 0 Å². The van der Waals surface area contributed by atoms with Gasteiger partial charge in [0.25, 0.3) is 0 Å². The van der Waals surface area contributed by atoms with Gasteiger partial charge in [-0.15, -0.1) is 0 Å². The molecule has 7 atom stereocenters. The average Bonchev–Trinajstić information content (AvgIpc) is 3.61. The van der Waals surface area contributed by atoms with Gasteiger partial charge in [0.05, 0.1) is 17.9 Å². The standard InChI is InChI=1S/C36H50N4O4/c1-35-13-12-27-18-36(27,40(35)28-16-24-7-2-3-8-25(15-24)17-28)20-29(19-35)39-31-11-5-4-10-30(31)38(23-33(43)44)34(39)26-9-6-14-37(21-26)22-32(41)42/h4-5,10-11,24-25,27-29H,2-3,6-9,12-23H2,1H3,(H,41,42)(H,43,44)/b34-26+/t24-,25+,27?,28?,29-,35?,36?/m0/s1. The topological polar surface area (TPSA) is 87.6 Å². The second kappa shape index (κ2) is 10.8. The van der Waals surface area contributed by atoms with Gasteiger partial charge in [0, 0.05) is 29.7 Å². The van der Waals surface area contributed by atoms with Crippen molar-refractivity contribution in [3.8, 4) is 0 Å². The maximum Gasteiger partial charge on any atom is 0.323 e. The van der Waals surface area contributed by atoms with E-state index in [2.05, 4.69) is 34.9 Å². The quantitative estimate of drug-likeness (QED) is 0.415. The van der Waals surface area contributed by atoms with Crippen LogP contribution in [0, 0.1) is 17.8 Å². The number of carboxylic acids is 2. The maximum absolute atomic E-state index is 12.3. The molecular formula is C36H50N4O4. The van der Waals surface area contributed by atoms with Crippen LogP contribution >= 0.6 is 0 Å². The lowest BCUT2D eigenvalue weighted by Crippen LogP contribution is -2.68. The molecule has 1 aromatic rings. The van der Waals surface area contributed by atoms with E-state index in [1.807, 2.05) is 15.9 Å². The number of nitrogens with zero attached hydrogens (tertiary/aromatic N) is 4. The molecule has 8 heteroatoms. The minimum Gasteiger partial charge on any atom is -0.480 e. The third-order valence-corrected chi connectivity index (χ3v) is 12.9. The van der Waals surface area contributed by atoms with Gasteiger partial charge in [0.1, 0.15) is 12.4 Å². The molecule has 7 aliphatic rings. The maximum atomic E-state index is 12.3. The van der Waals surface area contributed by atoms with Gasteiger partial charge in [-0.1, -0.05) is 37.8 Å². The molecule has 4 bridgehead atoms. The number of rotatable bonds is 6. The molecule has 1 aromatic carbocycles. The third kappa shape index (κ3) is 4.77. The van der Waals surface area contributed by atoms with Crippen molar-refractivity contribution in [2.45, 2.75) is 120 Å². The van der Waals surface area contributed by atoms with Crippen molar-refractivity contribution in [2.24, 2.45) is 17.8 Å². The summed E-state index contributed by atoms with van der Waals surface area (Å²) in [5, 5.41) is 19.7. The van der Waals surface area contributed by atoms with Gasteiger partial charge in [0.15, 0.2) is 0 Å². The summed E-state index contributed by atoms with van der Waals surface area (Å²) in [6.07, 6.45) is 17.9. The summed E-state index contributed by atoms with van der Waals surface area (Å²) in [7, 11) is 0. The number of benzene rings is 1. The molecule has 4 aliphatic heterocycles. The lowest BCUT2D eigenvalue weighted by molar-refractivity contribution is -0.138. The van der Waals surface area contributed by atoms with E-state index in [1.54, 1.807) is 0 Å². The fourth-order valence-electron chi connectivity index (χ4n) is 11.5. The van der Waals surface area contributed by atoms with Crippen molar-refractivity contribution in [3.05, 3.63) is 35.7 Å². The van der Waals surface area contributed by atoms with Gasteiger partial charge in [-0.25, -0.2) is 0 Å². The van der Waals surface area contributed by atoms with Crippen LogP contribution in [-0.4, -0.2) is 81.3 Å². The Balaban J connectivity index is 1.17. The van der Waals surface area contributed by atoms with Gasteiger partial charge in [-0.3, -0.25) is 19.4 Å². The molecule has 0 amide bonds. The van der Waals surface area contributed by atoms with Gasteiger partial charge >= 0.3 is 11.9 Å². The van der Waals surface area contributed by atoms with Crippen molar-refractivity contribution in [3.63, 3.8) is 0 Å². The molecule has 2 N–H and O–H groups in total. The Morgan fingerprint density at radius 3 is 2.32 bits per heavy atom. The summed E-state index contributed by atoms with van der Waals surface area (Å²) in [4.78, 5) is 33.7. The lowest BCUT2D eigenvalue weighted by Gasteiger charge is -2.61. The van der Waals surface area contributed by atoms with E-state index >= 15 is 0 Å². The first-order valence-electron chi connectivity index (χ1n) is 17.6. The normalized spacial score (nSPS) is 40.2. The molecule has 6 fully saturated rings. The second-order valence-corrected chi connectivity index (χ2v) is 15.8. The van der Waals surface area contributed by atoms with Gasteiger partial charge < -0.3 is 20.0 Å². The predicted molar refractivity (Wildman–Crippen MR) is 171 cm³/mol. The highest BCUT2D eigenvalue weighted by Gasteiger charge is 2.70. The van der Waals surface area contributed by atoms with Crippen LogP contribution in [-0.2, 0) is 9.59 Å². The van der Waals surface area contributed by atoms with Gasteiger partial charge in [-0.2, -0.15) is 0 Å². The summed E-state index contributed by atoms with van der Waals surface area (Å²) in [5.41, 5.74) is 3.71. The number of carbonyl (C=O) groups is 2. The fourth-order valence-corrected chi connectivity index (χ4v) is 11.5. The summed E-state index contributed by atoms with van der Waals surface area (Å²) >= 11 is 0. The van der Waals surface area contributed by atoms with Crippen LogP contribution < -0.4 is 9.80 Å². The molecule has 3 saturated heterocycles. The number of piperidine rings is 3. The smallest absolute Gasteiger partial charge is 0.323 e. The summed E-state index contributed by atoms with van der Waals surface area (Å²) < 4.78 is 0. The number of hydrogen-bond donors (Lipinski definition) is 2. The Kier molecular flexibility index (Phi) is 7.06. The van der Waals surface area contributed by atoms with Crippen LogP contribution in [0.2, 0.25) is 0 Å². The van der Waals surface area contributed by atoms with Crippen molar-refractivity contribution in [2.75, 3.05) is 36.0 Å². The number of fused-ring (bicyclic) bond motifs is 4. The molecule has 8 rings (SSSR count). The summed E-state index contributed by atoms with van der Waals surface area (Å²) in [5.74, 6) is 1.98. The molecule has 1 spiro atoms. The van der Waals surface area contributed by atoms with Crippen LogP contribution in [0.4, 0.5) is 11.4 Å². The van der Waals surface area contributed by atoms with Crippen LogP contribution in [0.1, 0.15) is 96.8 Å². The van der Waals surface area contributed by atoms with Gasteiger partial charge in [-0.05, 0) is 113 Å². The van der Waals surface area contributed by atoms with Crippen LogP contribution in [0.15, 0.2) is 35.7 Å². The number of anilines is 2. The number of aliphatic carboxylic acids is 2. The molecular weight excluding hydrogens is 552 g/mol. The second-order valence-electron chi connectivity index (χ2n) is 15.8. The predicted octanol–water partition coefficient (Wildman–Crippen LogP) is 5.92. The first-order chi connectivity index (χ1) is 21.2. The Morgan fingerprint density at radius 1 is 0.864 bits per heavy atom. The first kappa shape index (κ1) is 28.9. The Labute approximate surface area is 262 Å². The molecule has 8 nitrogen and oxygen atoms in total. The highest BCUT2D eigenvalue weighted by molar-refractivity contribution is 5.88. The number of hydrogen-bond acceptors (Lipinski definition) is 6. The SMILES string of the molecule is CC12CCC3CC3(C[C@@H](N3/C(=C4\CCCN(CC(=O)O)C4)N(CC(=O)O)c4ccccc43)C1)N2C1C[C@H]2CCCC[C@@H](C1)C2. The van der Waals surface area contributed by atoms with E-state index in [4.69, 9.17) is 0 Å². The first-order valence-corrected chi connectivity index (χ1v) is 17.6. The largest absolute Gasteiger partial charge is 0.480 e. The van der Waals surface area contributed by atoms with E-state index in [0.29, 0.717) is 18.6 Å². The monoisotopic (exact) mass is 602 g/mol. The van der Waals surface area contributed by atoms with E-state index < -0.39 is 11.9 Å². The zero-order valence-electron chi connectivity index (χ0n) is 26.4. The van der Waals surface area contributed by atoms with E-state index in [0.717, 1.165) is 67.2 Å². The molecule has 3 aliphatic carbocycles. The minimum atomic E-state index is -0.837. The van der Waals surface area contributed by atoms with E-state index in [9.17, 15) is 19.8 Å². The van der Waals surface area contributed by atoms with Crippen molar-refractivity contribution in [1.82, 2.24) is 9.80 Å². The van der Waals surface area contributed by atoms with Gasteiger partial charge in [0.2, 0.25) is 0 Å². The molecule has 4 heterocycles. The molecule has 3 saturated carbocycles. The Morgan fingerprint density at radius 2 is 1.59 bits per heavy atom. The van der Waals surface area contributed by atoms with Crippen molar-refractivity contribution >= 4 is 23.3 Å². The number of para-hydroxylation sites is 2. The Hall–Kier alpha value is -2.58. The molecule has 4 unspecified atom stereocenters.